The van der Waals surface area contributed by atoms with E-state index in [1.54, 1.807) is 26.8 Å². The minimum absolute atomic E-state index is 0.0198. The summed E-state index contributed by atoms with van der Waals surface area (Å²) < 4.78 is 5.14. The number of hydrogen-bond acceptors (Lipinski definition) is 4. The Kier molecular flexibility index (Phi) is 7.68. The molecule has 2 fully saturated rings. The largest absolute Gasteiger partial charge is 0.444 e. The van der Waals surface area contributed by atoms with Gasteiger partial charge in [0.2, 0.25) is 11.8 Å². The summed E-state index contributed by atoms with van der Waals surface area (Å²) >= 11 is 0. The Labute approximate surface area is 161 Å². The van der Waals surface area contributed by atoms with Gasteiger partial charge in [-0.05, 0) is 64.4 Å². The summed E-state index contributed by atoms with van der Waals surface area (Å²) in [5.74, 6) is 1.04. The van der Waals surface area contributed by atoms with E-state index in [0.717, 1.165) is 12.8 Å². The number of allylic oxidation sites excluding steroid dienone is 1. The molecule has 0 aromatic carbocycles. The number of nitrogens with one attached hydrogen (secondary N) is 2. The summed E-state index contributed by atoms with van der Waals surface area (Å²) in [7, 11) is 0. The van der Waals surface area contributed by atoms with Gasteiger partial charge in [-0.3, -0.25) is 9.59 Å². The van der Waals surface area contributed by atoms with Crippen molar-refractivity contribution in [3.63, 3.8) is 0 Å². The van der Waals surface area contributed by atoms with E-state index in [-0.39, 0.29) is 24.8 Å². The van der Waals surface area contributed by atoms with Crippen molar-refractivity contribution >= 4 is 17.9 Å². The lowest BCUT2D eigenvalue weighted by atomic mass is 9.96. The maximum Gasteiger partial charge on any atom is 0.407 e. The first-order chi connectivity index (χ1) is 12.7. The molecule has 2 rings (SSSR count). The fourth-order valence-electron chi connectivity index (χ4n) is 2.95. The number of amides is 3. The van der Waals surface area contributed by atoms with Crippen molar-refractivity contribution in [2.75, 3.05) is 26.2 Å². The lowest BCUT2D eigenvalue weighted by Gasteiger charge is -2.32. The second-order valence-electron chi connectivity index (χ2n) is 8.44. The minimum Gasteiger partial charge on any atom is -0.444 e. The lowest BCUT2D eigenvalue weighted by molar-refractivity contribution is -0.132. The Bertz CT molecular complexity index is 556. The van der Waals surface area contributed by atoms with Crippen LogP contribution >= 0.6 is 0 Å². The van der Waals surface area contributed by atoms with Gasteiger partial charge in [0, 0.05) is 32.6 Å². The second kappa shape index (κ2) is 9.76. The number of piperidine rings is 1. The van der Waals surface area contributed by atoms with Crippen LogP contribution in [0.15, 0.2) is 12.2 Å². The van der Waals surface area contributed by atoms with Gasteiger partial charge in [-0.15, -0.1) is 0 Å². The Morgan fingerprint density at radius 3 is 2.33 bits per heavy atom. The molecule has 2 N–H and O–H groups in total. The summed E-state index contributed by atoms with van der Waals surface area (Å²) in [4.78, 5) is 37.4. The van der Waals surface area contributed by atoms with Crippen molar-refractivity contribution in [2.24, 2.45) is 11.8 Å². The molecule has 1 heterocycles. The van der Waals surface area contributed by atoms with Crippen LogP contribution in [0.25, 0.3) is 0 Å². The standard InChI is InChI=1S/C20H33N3O4/c1-20(2,3)27-19(26)21-11-8-18(25)23-12-9-16(10-13-23)14-22-17(24)7-6-15-4-5-15/h6-7,15-16H,4-5,8-14H2,1-3H3,(H,21,26)(H,22,24)/b7-6+. The van der Waals surface area contributed by atoms with Crippen molar-refractivity contribution in [1.29, 1.82) is 0 Å². The van der Waals surface area contributed by atoms with Crippen LogP contribution < -0.4 is 10.6 Å². The molecule has 1 saturated carbocycles. The van der Waals surface area contributed by atoms with Gasteiger partial charge < -0.3 is 20.3 Å². The average Bonchev–Trinajstić information content (AvgIpc) is 3.41. The van der Waals surface area contributed by atoms with Gasteiger partial charge in [0.1, 0.15) is 5.60 Å². The normalized spacial score (nSPS) is 18.4. The molecule has 0 bridgehead atoms. The van der Waals surface area contributed by atoms with Crippen LogP contribution in [-0.4, -0.2) is 54.6 Å². The van der Waals surface area contributed by atoms with Crippen molar-refractivity contribution in [3.8, 4) is 0 Å². The summed E-state index contributed by atoms with van der Waals surface area (Å²) in [6, 6.07) is 0. The Hall–Kier alpha value is -2.05. The minimum atomic E-state index is -0.543. The number of alkyl carbamates (subject to hydrolysis) is 1. The summed E-state index contributed by atoms with van der Waals surface area (Å²) in [5, 5.41) is 5.57. The number of carbonyl (C=O) groups is 3. The average molecular weight is 380 g/mol. The monoisotopic (exact) mass is 379 g/mol. The SMILES string of the molecule is CC(C)(C)OC(=O)NCCC(=O)N1CCC(CNC(=O)/C=C/C2CC2)CC1. The highest BCUT2D eigenvalue weighted by Gasteiger charge is 2.23. The second-order valence-corrected chi connectivity index (χ2v) is 8.44. The molecule has 3 amide bonds. The van der Waals surface area contributed by atoms with Gasteiger partial charge in [-0.1, -0.05) is 6.08 Å². The number of ether oxygens (including phenoxy) is 1. The van der Waals surface area contributed by atoms with Crippen LogP contribution in [0.3, 0.4) is 0 Å². The zero-order chi connectivity index (χ0) is 19.9. The maximum absolute atomic E-state index is 12.2. The predicted octanol–water partition coefficient (Wildman–Crippen LogP) is 2.22. The molecule has 1 aliphatic carbocycles. The number of rotatable bonds is 7. The summed E-state index contributed by atoms with van der Waals surface area (Å²) in [6.07, 6.45) is 7.58. The smallest absolute Gasteiger partial charge is 0.407 e. The molecule has 0 spiro atoms. The summed E-state index contributed by atoms with van der Waals surface area (Å²) in [5.41, 5.74) is -0.543. The molecule has 0 aromatic rings. The van der Waals surface area contributed by atoms with E-state index in [1.165, 1.54) is 12.8 Å². The fourth-order valence-corrected chi connectivity index (χ4v) is 2.95. The number of hydrogen-bond donors (Lipinski definition) is 2. The molecule has 1 aliphatic heterocycles. The molecular formula is C20H33N3O4. The maximum atomic E-state index is 12.2. The highest BCUT2D eigenvalue weighted by molar-refractivity contribution is 5.87. The van der Waals surface area contributed by atoms with Crippen LogP contribution in [0.5, 0.6) is 0 Å². The molecule has 0 atom stereocenters. The van der Waals surface area contributed by atoms with E-state index in [9.17, 15) is 14.4 Å². The molecule has 7 nitrogen and oxygen atoms in total. The molecule has 0 aromatic heterocycles. The summed E-state index contributed by atoms with van der Waals surface area (Å²) in [6.45, 7) is 7.73. The van der Waals surface area contributed by atoms with Crippen molar-refractivity contribution in [2.45, 2.75) is 58.5 Å². The van der Waals surface area contributed by atoms with E-state index < -0.39 is 11.7 Å². The van der Waals surface area contributed by atoms with Crippen LogP contribution in [0.4, 0.5) is 4.79 Å². The quantitative estimate of drug-likeness (QED) is 0.664. The van der Waals surface area contributed by atoms with Gasteiger partial charge in [-0.2, -0.15) is 0 Å². The first-order valence-corrected chi connectivity index (χ1v) is 9.93. The molecular weight excluding hydrogens is 346 g/mol. The zero-order valence-electron chi connectivity index (χ0n) is 16.8. The topological polar surface area (TPSA) is 87.7 Å². The number of carbonyl (C=O) groups excluding carboxylic acids is 3. The van der Waals surface area contributed by atoms with Crippen molar-refractivity contribution in [1.82, 2.24) is 15.5 Å². The first kappa shape index (κ1) is 21.3. The fraction of sp³-hybridized carbons (Fsp3) is 0.750. The first-order valence-electron chi connectivity index (χ1n) is 9.93. The van der Waals surface area contributed by atoms with E-state index in [1.807, 2.05) is 11.0 Å². The molecule has 152 valence electrons. The van der Waals surface area contributed by atoms with E-state index >= 15 is 0 Å². The highest BCUT2D eigenvalue weighted by atomic mass is 16.6. The van der Waals surface area contributed by atoms with Crippen LogP contribution in [0.1, 0.15) is 52.9 Å². The third-order valence-corrected chi connectivity index (χ3v) is 4.68. The zero-order valence-corrected chi connectivity index (χ0v) is 16.8. The van der Waals surface area contributed by atoms with Crippen molar-refractivity contribution in [3.05, 3.63) is 12.2 Å². The Balaban J connectivity index is 1.56. The van der Waals surface area contributed by atoms with Gasteiger partial charge >= 0.3 is 6.09 Å². The van der Waals surface area contributed by atoms with Crippen LogP contribution in [0, 0.1) is 11.8 Å². The van der Waals surface area contributed by atoms with E-state index in [0.29, 0.717) is 31.5 Å². The molecule has 0 radical (unpaired) electrons. The highest BCUT2D eigenvalue weighted by Crippen LogP contribution is 2.29. The molecule has 27 heavy (non-hydrogen) atoms. The van der Waals surface area contributed by atoms with Gasteiger partial charge in [-0.25, -0.2) is 4.79 Å². The Morgan fingerprint density at radius 2 is 1.74 bits per heavy atom. The van der Waals surface area contributed by atoms with E-state index in [4.69, 9.17) is 4.74 Å². The third kappa shape index (κ3) is 8.93. The molecule has 7 heteroatoms. The lowest BCUT2D eigenvalue weighted by Crippen LogP contribution is -2.42. The van der Waals surface area contributed by atoms with Crippen LogP contribution in [0.2, 0.25) is 0 Å². The van der Waals surface area contributed by atoms with Crippen LogP contribution in [-0.2, 0) is 14.3 Å². The van der Waals surface area contributed by atoms with Gasteiger partial charge in [0.25, 0.3) is 0 Å². The van der Waals surface area contributed by atoms with Crippen molar-refractivity contribution < 1.29 is 19.1 Å². The number of likely N-dealkylation sites (tertiary alicyclic amines) is 1. The molecule has 1 saturated heterocycles. The molecule has 2 aliphatic rings. The van der Waals surface area contributed by atoms with Gasteiger partial charge in [0.15, 0.2) is 0 Å². The van der Waals surface area contributed by atoms with E-state index in [2.05, 4.69) is 10.6 Å². The predicted molar refractivity (Wildman–Crippen MR) is 103 cm³/mol. The Morgan fingerprint density at radius 1 is 1.07 bits per heavy atom. The number of nitrogens with zero attached hydrogens (tertiary/aromatic N) is 1. The van der Waals surface area contributed by atoms with Gasteiger partial charge in [0.05, 0.1) is 0 Å². The molecule has 0 unspecified atom stereocenters. The third-order valence-electron chi connectivity index (χ3n) is 4.68.